The molecule has 0 atom stereocenters. The lowest BCUT2D eigenvalue weighted by atomic mass is 10.4. The van der Waals surface area contributed by atoms with E-state index in [2.05, 4.69) is 49.4 Å². The number of hydrogen-bond donors (Lipinski definition) is 0. The van der Waals surface area contributed by atoms with Gasteiger partial charge in [-0.2, -0.15) is 0 Å². The molecular formula is C11H14Si. The third-order valence-corrected chi connectivity index (χ3v) is 2.93. The molecule has 1 rings (SSSR count). The second-order valence-corrected chi connectivity index (χ2v) is 4.08. The van der Waals surface area contributed by atoms with Crippen LogP contribution in [0.5, 0.6) is 0 Å². The first-order chi connectivity index (χ1) is 5.93. The molecule has 0 aliphatic heterocycles. The van der Waals surface area contributed by atoms with Gasteiger partial charge in [0.2, 0.25) is 0 Å². The van der Waals surface area contributed by atoms with Gasteiger partial charge in [0.25, 0.3) is 0 Å². The summed E-state index contributed by atoms with van der Waals surface area (Å²) in [5.74, 6) is 0. The Bertz CT molecular complexity index is 226. The fourth-order valence-electron chi connectivity index (χ4n) is 1.02. The van der Waals surface area contributed by atoms with Crippen molar-refractivity contribution in [1.82, 2.24) is 0 Å². The highest BCUT2D eigenvalue weighted by Gasteiger charge is 1.90. The Hall–Kier alpha value is -0.823. The van der Waals surface area contributed by atoms with Gasteiger partial charge in [-0.1, -0.05) is 53.7 Å². The summed E-state index contributed by atoms with van der Waals surface area (Å²) < 4.78 is 0. The van der Waals surface area contributed by atoms with Crippen molar-refractivity contribution in [2.24, 2.45) is 0 Å². The minimum absolute atomic E-state index is 0.963. The first kappa shape index (κ1) is 9.27. The standard InChI is InChI=1S/C11H14Si/c1-2-3-7-10-12-11-8-5-4-6-9-11/h2-6,8-9H,7,10H2,1H3/b3-2+. The van der Waals surface area contributed by atoms with Gasteiger partial charge < -0.3 is 0 Å². The Morgan fingerprint density at radius 2 is 2.00 bits per heavy atom. The van der Waals surface area contributed by atoms with E-state index < -0.39 is 0 Å². The van der Waals surface area contributed by atoms with Crippen molar-refractivity contribution in [2.45, 2.75) is 19.4 Å². The van der Waals surface area contributed by atoms with Crippen LogP contribution in [0.25, 0.3) is 0 Å². The highest BCUT2D eigenvalue weighted by molar-refractivity contribution is 6.53. The molecule has 0 amide bonds. The molecule has 0 nitrogen and oxygen atoms in total. The first-order valence-electron chi connectivity index (χ1n) is 4.33. The van der Waals surface area contributed by atoms with Crippen LogP contribution in [0.2, 0.25) is 6.04 Å². The van der Waals surface area contributed by atoms with Crippen molar-refractivity contribution in [3.8, 4) is 0 Å². The maximum absolute atomic E-state index is 2.23. The van der Waals surface area contributed by atoms with E-state index in [4.69, 9.17) is 0 Å². The molecule has 1 aromatic carbocycles. The third-order valence-electron chi connectivity index (χ3n) is 1.65. The van der Waals surface area contributed by atoms with Gasteiger partial charge in [0.15, 0.2) is 0 Å². The Kier molecular flexibility index (Phi) is 4.46. The van der Waals surface area contributed by atoms with E-state index in [9.17, 15) is 0 Å². The average Bonchev–Trinajstić information content (AvgIpc) is 2.14. The van der Waals surface area contributed by atoms with Crippen molar-refractivity contribution in [2.75, 3.05) is 0 Å². The van der Waals surface area contributed by atoms with Crippen molar-refractivity contribution in [3.63, 3.8) is 0 Å². The van der Waals surface area contributed by atoms with E-state index in [0.29, 0.717) is 0 Å². The predicted molar refractivity (Wildman–Crippen MR) is 56.1 cm³/mol. The summed E-state index contributed by atoms with van der Waals surface area (Å²) in [6.45, 7) is 2.08. The fourth-order valence-corrected chi connectivity index (χ4v) is 2.05. The van der Waals surface area contributed by atoms with Crippen LogP contribution in [0.1, 0.15) is 13.3 Å². The minimum Gasteiger partial charge on any atom is -0.0917 e. The third kappa shape index (κ3) is 3.53. The summed E-state index contributed by atoms with van der Waals surface area (Å²) in [4.78, 5) is 0. The van der Waals surface area contributed by atoms with E-state index >= 15 is 0 Å². The van der Waals surface area contributed by atoms with E-state index in [1.807, 2.05) is 0 Å². The SMILES string of the molecule is C/C=C/CC[Si]c1ccccc1. The molecule has 1 aromatic rings. The lowest BCUT2D eigenvalue weighted by Crippen LogP contribution is -2.11. The van der Waals surface area contributed by atoms with Gasteiger partial charge in [-0.3, -0.25) is 0 Å². The lowest BCUT2D eigenvalue weighted by Gasteiger charge is -1.95. The molecule has 62 valence electrons. The van der Waals surface area contributed by atoms with Gasteiger partial charge in [-0.05, 0) is 13.3 Å². The van der Waals surface area contributed by atoms with Crippen molar-refractivity contribution < 1.29 is 0 Å². The molecule has 0 heterocycles. The molecule has 0 aromatic heterocycles. The van der Waals surface area contributed by atoms with Gasteiger partial charge >= 0.3 is 0 Å². The quantitative estimate of drug-likeness (QED) is 0.373. The zero-order chi connectivity index (χ0) is 8.65. The molecule has 2 radical (unpaired) electrons. The molecule has 0 aliphatic rings. The zero-order valence-corrected chi connectivity index (χ0v) is 8.46. The molecule has 0 unspecified atom stereocenters. The van der Waals surface area contributed by atoms with Gasteiger partial charge in [0.05, 0.1) is 9.52 Å². The first-order valence-corrected chi connectivity index (χ1v) is 5.54. The van der Waals surface area contributed by atoms with Gasteiger partial charge in [0.1, 0.15) is 0 Å². The Morgan fingerprint density at radius 3 is 2.67 bits per heavy atom. The maximum Gasteiger partial charge on any atom is 0.0811 e. The monoisotopic (exact) mass is 174 g/mol. The lowest BCUT2D eigenvalue weighted by molar-refractivity contribution is 1.20. The number of benzene rings is 1. The topological polar surface area (TPSA) is 0 Å². The van der Waals surface area contributed by atoms with Crippen LogP contribution in [0.3, 0.4) is 0 Å². The van der Waals surface area contributed by atoms with Crippen LogP contribution >= 0.6 is 0 Å². The van der Waals surface area contributed by atoms with E-state index in [1.54, 1.807) is 0 Å². The second kappa shape index (κ2) is 5.78. The summed E-state index contributed by atoms with van der Waals surface area (Å²) in [5, 5.41) is 1.47. The minimum atomic E-state index is 0.963. The van der Waals surface area contributed by atoms with Gasteiger partial charge in [-0.25, -0.2) is 0 Å². The highest BCUT2D eigenvalue weighted by atomic mass is 28.2. The molecule has 0 fully saturated rings. The van der Waals surface area contributed by atoms with Crippen LogP contribution in [0.4, 0.5) is 0 Å². The van der Waals surface area contributed by atoms with E-state index in [-0.39, 0.29) is 0 Å². The highest BCUT2D eigenvalue weighted by Crippen LogP contribution is 1.91. The summed E-state index contributed by atoms with van der Waals surface area (Å²) >= 11 is 0. The zero-order valence-electron chi connectivity index (χ0n) is 7.46. The van der Waals surface area contributed by atoms with Crippen molar-refractivity contribution in [1.29, 1.82) is 0 Å². The molecular weight excluding hydrogens is 160 g/mol. The average molecular weight is 174 g/mol. The van der Waals surface area contributed by atoms with E-state index in [0.717, 1.165) is 9.52 Å². The Balaban J connectivity index is 2.24. The molecule has 1 heteroatoms. The molecule has 0 N–H and O–H groups in total. The summed E-state index contributed by atoms with van der Waals surface area (Å²) in [5.41, 5.74) is 0. The van der Waals surface area contributed by atoms with Crippen LogP contribution < -0.4 is 5.19 Å². The smallest absolute Gasteiger partial charge is 0.0811 e. The fraction of sp³-hybridized carbons (Fsp3) is 0.273. The summed E-state index contributed by atoms with van der Waals surface area (Å²) in [6.07, 6.45) is 5.56. The Labute approximate surface area is 77.1 Å². The number of allylic oxidation sites excluding steroid dienone is 2. The number of hydrogen-bond acceptors (Lipinski definition) is 0. The van der Waals surface area contributed by atoms with Crippen LogP contribution in [-0.2, 0) is 0 Å². The molecule has 12 heavy (non-hydrogen) atoms. The van der Waals surface area contributed by atoms with Crippen LogP contribution in [0.15, 0.2) is 42.5 Å². The molecule has 0 saturated carbocycles. The van der Waals surface area contributed by atoms with Crippen LogP contribution in [0, 0.1) is 0 Å². The number of rotatable bonds is 4. The maximum atomic E-state index is 2.23. The largest absolute Gasteiger partial charge is 0.0917 e. The van der Waals surface area contributed by atoms with Crippen LogP contribution in [-0.4, -0.2) is 9.52 Å². The molecule has 0 spiro atoms. The van der Waals surface area contributed by atoms with E-state index in [1.165, 1.54) is 17.7 Å². The second-order valence-electron chi connectivity index (χ2n) is 2.65. The van der Waals surface area contributed by atoms with Crippen molar-refractivity contribution >= 4 is 14.7 Å². The molecule has 0 bridgehead atoms. The van der Waals surface area contributed by atoms with Crippen molar-refractivity contribution in [3.05, 3.63) is 42.5 Å². The predicted octanol–water partition coefficient (Wildman–Crippen LogP) is 2.40. The van der Waals surface area contributed by atoms with Gasteiger partial charge in [0, 0.05) is 0 Å². The normalized spacial score (nSPS) is 10.8. The molecule has 0 aliphatic carbocycles. The summed E-state index contributed by atoms with van der Waals surface area (Å²) in [7, 11) is 0.963. The van der Waals surface area contributed by atoms with Gasteiger partial charge in [-0.15, -0.1) is 0 Å². The Morgan fingerprint density at radius 1 is 1.25 bits per heavy atom. The molecule has 0 saturated heterocycles. The summed E-state index contributed by atoms with van der Waals surface area (Å²) in [6, 6.07) is 12.0.